The first-order valence-electron chi connectivity index (χ1n) is 21.4. The van der Waals surface area contributed by atoms with Crippen LogP contribution in [0.5, 0.6) is 11.5 Å². The van der Waals surface area contributed by atoms with Gasteiger partial charge in [0, 0.05) is 5.41 Å². The Labute approximate surface area is 325 Å². The van der Waals surface area contributed by atoms with Crippen LogP contribution in [0, 0.1) is 10.8 Å². The standard InChI is InChI=1S/C52H60O2/c1-4-7-10-29-50-31-33-51(34-32-50,30-11-8-5-2)52(50)48-36-42(21-27-46(48)47-28-22-43(37-49(47)52)41-17-23-44(53)24-18-41)40-15-13-38(14-16-40)39-19-25-45(26-20-39)54-35-12-9-6-3/h13-28,36-37,53H,4-12,29-35H2,1-3H3. The highest BCUT2D eigenvalue weighted by molar-refractivity contribution is 5.88. The second-order valence-corrected chi connectivity index (χ2v) is 16.9. The summed E-state index contributed by atoms with van der Waals surface area (Å²) in [6.07, 6.45) is 19.3. The van der Waals surface area contributed by atoms with Crippen LogP contribution in [0.2, 0.25) is 0 Å². The van der Waals surface area contributed by atoms with Gasteiger partial charge in [-0.25, -0.2) is 0 Å². The molecule has 2 saturated carbocycles. The summed E-state index contributed by atoms with van der Waals surface area (Å²) in [6, 6.07) is 40.6. The van der Waals surface area contributed by atoms with E-state index in [0.29, 0.717) is 5.75 Å². The second-order valence-electron chi connectivity index (χ2n) is 16.9. The smallest absolute Gasteiger partial charge is 0.119 e. The molecule has 3 aliphatic rings. The number of hydrogen-bond acceptors (Lipinski definition) is 2. The maximum atomic E-state index is 10.1. The normalized spacial score (nSPS) is 22.1. The molecule has 0 amide bonds. The maximum absolute atomic E-state index is 10.1. The number of benzene rings is 5. The van der Waals surface area contributed by atoms with Crippen LogP contribution in [0.15, 0.2) is 109 Å². The lowest BCUT2D eigenvalue weighted by Crippen LogP contribution is -2.45. The average Bonchev–Trinajstić information content (AvgIpc) is 3.78. The fourth-order valence-electron chi connectivity index (χ4n) is 11.4. The average molecular weight is 717 g/mol. The minimum atomic E-state index is 0.00931. The van der Waals surface area contributed by atoms with Gasteiger partial charge in [-0.1, -0.05) is 145 Å². The summed E-state index contributed by atoms with van der Waals surface area (Å²) >= 11 is 0. The van der Waals surface area contributed by atoms with E-state index >= 15 is 0 Å². The minimum absolute atomic E-state index is 0.00931. The van der Waals surface area contributed by atoms with Crippen LogP contribution in [0.4, 0.5) is 0 Å². The molecule has 1 spiro atoms. The zero-order valence-corrected chi connectivity index (χ0v) is 33.1. The van der Waals surface area contributed by atoms with Crippen LogP contribution in [0.1, 0.15) is 128 Å². The van der Waals surface area contributed by atoms with Crippen molar-refractivity contribution in [1.29, 1.82) is 0 Å². The maximum Gasteiger partial charge on any atom is 0.119 e. The number of aromatic hydroxyl groups is 1. The molecular weight excluding hydrogens is 657 g/mol. The van der Waals surface area contributed by atoms with E-state index in [0.717, 1.165) is 18.8 Å². The fraction of sp³-hybridized carbons (Fsp3) is 0.423. The van der Waals surface area contributed by atoms with Crippen LogP contribution >= 0.6 is 0 Å². The molecule has 2 fully saturated rings. The Morgan fingerprint density at radius 3 is 1.31 bits per heavy atom. The number of rotatable bonds is 16. The van der Waals surface area contributed by atoms with Crippen LogP contribution in [0.25, 0.3) is 44.5 Å². The first kappa shape index (κ1) is 36.7. The van der Waals surface area contributed by atoms with E-state index in [1.165, 1.54) is 134 Å². The van der Waals surface area contributed by atoms with E-state index in [-0.39, 0.29) is 16.2 Å². The van der Waals surface area contributed by atoms with Gasteiger partial charge in [0.1, 0.15) is 11.5 Å². The monoisotopic (exact) mass is 716 g/mol. The van der Waals surface area contributed by atoms with Crippen LogP contribution in [-0.4, -0.2) is 11.7 Å². The van der Waals surface area contributed by atoms with E-state index in [1.807, 2.05) is 12.1 Å². The molecule has 2 bridgehead atoms. The molecule has 0 aromatic heterocycles. The third kappa shape index (κ3) is 6.18. The highest BCUT2D eigenvalue weighted by atomic mass is 16.5. The largest absolute Gasteiger partial charge is 0.508 e. The molecule has 0 saturated heterocycles. The van der Waals surface area contributed by atoms with Gasteiger partial charge in [-0.3, -0.25) is 0 Å². The lowest BCUT2D eigenvalue weighted by Gasteiger charge is -2.48. The second kappa shape index (κ2) is 15.4. The topological polar surface area (TPSA) is 29.5 Å². The zero-order chi connectivity index (χ0) is 37.2. The van der Waals surface area contributed by atoms with E-state index in [1.54, 1.807) is 11.1 Å². The fourth-order valence-corrected chi connectivity index (χ4v) is 11.4. The quantitative estimate of drug-likeness (QED) is 0.103. The first-order chi connectivity index (χ1) is 26.5. The summed E-state index contributed by atoms with van der Waals surface area (Å²) in [7, 11) is 0. The van der Waals surface area contributed by atoms with E-state index in [9.17, 15) is 5.11 Å². The van der Waals surface area contributed by atoms with Crippen molar-refractivity contribution >= 4 is 0 Å². The lowest BCUT2D eigenvalue weighted by molar-refractivity contribution is 0.148. The van der Waals surface area contributed by atoms with E-state index < -0.39 is 0 Å². The lowest BCUT2D eigenvalue weighted by atomic mass is 9.54. The Morgan fingerprint density at radius 1 is 0.463 bits per heavy atom. The number of ether oxygens (including phenoxy) is 1. The summed E-state index contributed by atoms with van der Waals surface area (Å²) in [5.41, 5.74) is 14.2. The van der Waals surface area contributed by atoms with Crippen molar-refractivity contribution < 1.29 is 9.84 Å². The van der Waals surface area contributed by atoms with Gasteiger partial charge in [-0.2, -0.15) is 0 Å². The molecule has 2 heteroatoms. The van der Waals surface area contributed by atoms with E-state index in [4.69, 9.17) is 4.74 Å². The Balaban J connectivity index is 1.21. The Bertz CT molecular complexity index is 2000. The number of phenols is 1. The molecule has 5 aromatic carbocycles. The summed E-state index contributed by atoms with van der Waals surface area (Å²) in [5, 5.41) is 10.1. The summed E-state index contributed by atoms with van der Waals surface area (Å²) < 4.78 is 5.99. The molecule has 5 aromatic rings. The SMILES string of the molecule is CCCCCOc1ccc(-c2ccc(-c3ccc4c(c3)C3(c5cc(-c6ccc(O)cc6)ccc5-4)C4(CCCCC)CCC3(CCCCC)CC4)cc2)cc1. The summed E-state index contributed by atoms with van der Waals surface area (Å²) in [5.74, 6) is 1.28. The third-order valence-corrected chi connectivity index (χ3v) is 14.0. The molecule has 1 N–H and O–H groups in total. The molecular formula is C52H60O2. The van der Waals surface area contributed by atoms with Crippen LogP contribution in [-0.2, 0) is 5.41 Å². The summed E-state index contributed by atoms with van der Waals surface area (Å²) in [4.78, 5) is 0. The number of phenolic OH excluding ortho intramolecular Hbond substituents is 1. The number of unbranched alkanes of at least 4 members (excludes halogenated alkanes) is 6. The van der Waals surface area contributed by atoms with Gasteiger partial charge < -0.3 is 9.84 Å². The van der Waals surface area contributed by atoms with Gasteiger partial charge in [-0.05, 0) is 148 Å². The number of fused-ring (bicyclic) bond motifs is 3. The molecule has 280 valence electrons. The Kier molecular flexibility index (Phi) is 10.5. The highest BCUT2D eigenvalue weighted by Crippen LogP contribution is 2.81. The molecule has 0 aliphatic heterocycles. The van der Waals surface area contributed by atoms with Crippen molar-refractivity contribution in [3.05, 3.63) is 120 Å². The summed E-state index contributed by atoms with van der Waals surface area (Å²) in [6.45, 7) is 7.72. The molecule has 0 heterocycles. The van der Waals surface area contributed by atoms with Gasteiger partial charge in [0.05, 0.1) is 6.61 Å². The molecule has 3 aliphatic carbocycles. The van der Waals surface area contributed by atoms with Crippen molar-refractivity contribution in [2.24, 2.45) is 10.8 Å². The minimum Gasteiger partial charge on any atom is -0.508 e. The van der Waals surface area contributed by atoms with Crippen molar-refractivity contribution in [3.8, 4) is 56.0 Å². The van der Waals surface area contributed by atoms with Crippen molar-refractivity contribution in [2.45, 2.75) is 122 Å². The van der Waals surface area contributed by atoms with Crippen molar-refractivity contribution in [2.75, 3.05) is 6.61 Å². The van der Waals surface area contributed by atoms with Gasteiger partial charge in [0.2, 0.25) is 0 Å². The predicted molar refractivity (Wildman–Crippen MR) is 227 cm³/mol. The first-order valence-corrected chi connectivity index (χ1v) is 21.4. The molecule has 8 rings (SSSR count). The molecule has 0 unspecified atom stereocenters. The van der Waals surface area contributed by atoms with E-state index in [2.05, 4.69) is 118 Å². The highest BCUT2D eigenvalue weighted by Gasteiger charge is 2.73. The predicted octanol–water partition coefficient (Wildman–Crippen LogP) is 14.9. The number of hydrogen-bond donors (Lipinski definition) is 1. The van der Waals surface area contributed by atoms with Gasteiger partial charge in [0.25, 0.3) is 0 Å². The molecule has 0 atom stereocenters. The van der Waals surface area contributed by atoms with Crippen LogP contribution in [0.3, 0.4) is 0 Å². The molecule has 2 nitrogen and oxygen atoms in total. The van der Waals surface area contributed by atoms with Gasteiger partial charge in [-0.15, -0.1) is 0 Å². The van der Waals surface area contributed by atoms with Gasteiger partial charge >= 0.3 is 0 Å². The van der Waals surface area contributed by atoms with Crippen molar-refractivity contribution in [1.82, 2.24) is 0 Å². The molecule has 54 heavy (non-hydrogen) atoms. The Hall–Kier alpha value is -4.30. The zero-order valence-electron chi connectivity index (χ0n) is 33.1. The Morgan fingerprint density at radius 2 is 0.852 bits per heavy atom. The third-order valence-electron chi connectivity index (χ3n) is 14.0. The van der Waals surface area contributed by atoms with Crippen LogP contribution < -0.4 is 4.74 Å². The van der Waals surface area contributed by atoms with Gasteiger partial charge in [0.15, 0.2) is 0 Å². The van der Waals surface area contributed by atoms with Crippen molar-refractivity contribution in [3.63, 3.8) is 0 Å². The molecule has 0 radical (unpaired) electrons.